The molecule has 0 aliphatic carbocycles. The molecule has 1 aliphatic rings. The van der Waals surface area contributed by atoms with E-state index in [0.29, 0.717) is 6.04 Å². The fourth-order valence-corrected chi connectivity index (χ4v) is 1.81. The lowest BCUT2D eigenvalue weighted by Crippen LogP contribution is -2.27. The second kappa shape index (κ2) is 3.92. The quantitative estimate of drug-likeness (QED) is 0.669. The molecule has 0 saturated carbocycles. The molecular weight excluding hydrogens is 181 g/mol. The molecule has 1 unspecified atom stereocenters. The zero-order valence-electron chi connectivity index (χ0n) is 7.96. The third-order valence-electron chi connectivity index (χ3n) is 2.60. The first-order valence-electron chi connectivity index (χ1n) is 4.91. The topological polar surface area (TPSA) is 50.9 Å². The Kier molecular flexibility index (Phi) is 2.63. The van der Waals surface area contributed by atoms with Crippen LogP contribution in [-0.2, 0) is 0 Å². The molecule has 1 aliphatic heterocycles. The third kappa shape index (κ3) is 1.85. The van der Waals surface area contributed by atoms with Crippen LogP contribution in [-0.4, -0.2) is 11.5 Å². The van der Waals surface area contributed by atoms with Gasteiger partial charge < -0.3 is 11.1 Å². The fourth-order valence-electron chi connectivity index (χ4n) is 1.81. The van der Waals surface area contributed by atoms with E-state index in [-0.39, 0.29) is 5.69 Å². The summed E-state index contributed by atoms with van der Waals surface area (Å²) in [6, 6.07) is 1.96. The highest BCUT2D eigenvalue weighted by molar-refractivity contribution is 5.39. The van der Waals surface area contributed by atoms with Gasteiger partial charge >= 0.3 is 0 Å². The van der Waals surface area contributed by atoms with Crippen LogP contribution >= 0.6 is 0 Å². The summed E-state index contributed by atoms with van der Waals surface area (Å²) >= 11 is 0. The molecule has 76 valence electrons. The number of nitrogens with two attached hydrogens (primary N) is 1. The number of nitrogens with zero attached hydrogens (tertiary/aromatic N) is 1. The predicted molar refractivity (Wildman–Crippen MR) is 53.2 cm³/mol. The van der Waals surface area contributed by atoms with Crippen molar-refractivity contribution in [2.75, 3.05) is 12.3 Å². The number of rotatable bonds is 1. The predicted octanol–water partition coefficient (Wildman–Crippen LogP) is 1.62. The number of anilines is 1. The third-order valence-corrected chi connectivity index (χ3v) is 2.60. The maximum Gasteiger partial charge on any atom is 0.236 e. The van der Waals surface area contributed by atoms with E-state index >= 15 is 0 Å². The zero-order valence-corrected chi connectivity index (χ0v) is 7.96. The van der Waals surface area contributed by atoms with Crippen LogP contribution in [0.15, 0.2) is 12.3 Å². The van der Waals surface area contributed by atoms with Crippen molar-refractivity contribution in [1.82, 2.24) is 10.3 Å². The van der Waals surface area contributed by atoms with E-state index in [9.17, 15) is 4.39 Å². The van der Waals surface area contributed by atoms with Crippen molar-refractivity contribution in [1.29, 1.82) is 0 Å². The van der Waals surface area contributed by atoms with Gasteiger partial charge in [-0.2, -0.15) is 4.39 Å². The lowest BCUT2D eigenvalue weighted by molar-refractivity contribution is 0.411. The van der Waals surface area contributed by atoms with Crippen molar-refractivity contribution in [2.45, 2.75) is 25.3 Å². The van der Waals surface area contributed by atoms with Gasteiger partial charge in [-0.25, -0.2) is 4.98 Å². The number of pyridine rings is 1. The van der Waals surface area contributed by atoms with Crippen molar-refractivity contribution in [3.63, 3.8) is 0 Å². The summed E-state index contributed by atoms with van der Waals surface area (Å²) in [5, 5.41) is 3.36. The van der Waals surface area contributed by atoms with Crippen LogP contribution in [0.5, 0.6) is 0 Å². The fraction of sp³-hybridized carbons (Fsp3) is 0.500. The Balaban J connectivity index is 2.18. The normalized spacial score (nSPS) is 22.2. The number of halogens is 1. The molecule has 3 N–H and O–H groups in total. The van der Waals surface area contributed by atoms with Gasteiger partial charge in [0, 0.05) is 12.2 Å². The van der Waals surface area contributed by atoms with E-state index in [1.165, 1.54) is 12.8 Å². The van der Waals surface area contributed by atoms with E-state index in [1.54, 1.807) is 12.3 Å². The average molecular weight is 195 g/mol. The highest BCUT2D eigenvalue weighted by atomic mass is 19.1. The monoisotopic (exact) mass is 195 g/mol. The molecule has 0 aromatic carbocycles. The molecule has 1 aromatic heterocycles. The molecule has 1 atom stereocenters. The zero-order chi connectivity index (χ0) is 9.97. The van der Waals surface area contributed by atoms with E-state index in [2.05, 4.69) is 10.3 Å². The number of hydrogen-bond donors (Lipinski definition) is 2. The second-order valence-electron chi connectivity index (χ2n) is 3.65. The Labute approximate surface area is 82.5 Å². The van der Waals surface area contributed by atoms with Crippen LogP contribution in [0.1, 0.15) is 30.9 Å². The Morgan fingerprint density at radius 2 is 2.36 bits per heavy atom. The van der Waals surface area contributed by atoms with Gasteiger partial charge in [-0.3, -0.25) is 0 Å². The van der Waals surface area contributed by atoms with Crippen molar-refractivity contribution in [3.8, 4) is 0 Å². The van der Waals surface area contributed by atoms with E-state index in [4.69, 9.17) is 5.73 Å². The Hall–Kier alpha value is -1.16. The minimum absolute atomic E-state index is 0.134. The van der Waals surface area contributed by atoms with Gasteiger partial charge in [0.25, 0.3) is 0 Å². The highest BCUT2D eigenvalue weighted by Crippen LogP contribution is 2.23. The molecule has 3 nitrogen and oxygen atoms in total. The van der Waals surface area contributed by atoms with E-state index < -0.39 is 5.95 Å². The summed E-state index contributed by atoms with van der Waals surface area (Å²) in [7, 11) is 0. The molecular formula is C10H14FN3. The van der Waals surface area contributed by atoms with Crippen LogP contribution in [0.4, 0.5) is 10.1 Å². The number of aromatic nitrogens is 1. The Morgan fingerprint density at radius 3 is 3.00 bits per heavy atom. The lowest BCUT2D eigenvalue weighted by atomic mass is 9.99. The summed E-state index contributed by atoms with van der Waals surface area (Å²) in [4.78, 5) is 3.62. The van der Waals surface area contributed by atoms with Gasteiger partial charge in [-0.15, -0.1) is 0 Å². The molecule has 4 heteroatoms. The maximum atomic E-state index is 12.8. The van der Waals surface area contributed by atoms with E-state index in [1.807, 2.05) is 0 Å². The van der Waals surface area contributed by atoms with Gasteiger partial charge in [-0.1, -0.05) is 6.42 Å². The minimum Gasteiger partial charge on any atom is -0.395 e. The largest absolute Gasteiger partial charge is 0.395 e. The minimum atomic E-state index is -0.579. The molecule has 2 rings (SSSR count). The number of nitrogen functional groups attached to an aromatic ring is 1. The van der Waals surface area contributed by atoms with Crippen molar-refractivity contribution in [3.05, 3.63) is 23.8 Å². The van der Waals surface area contributed by atoms with Crippen LogP contribution in [0.3, 0.4) is 0 Å². The molecule has 0 bridgehead atoms. The summed E-state index contributed by atoms with van der Waals surface area (Å²) < 4.78 is 12.8. The first kappa shape index (κ1) is 9.40. The standard InChI is InChI=1S/C10H14FN3/c11-10-8(12)5-7(6-14-10)9-3-1-2-4-13-9/h5-6,9,13H,1-4,12H2. The van der Waals surface area contributed by atoms with Crippen LogP contribution in [0.25, 0.3) is 0 Å². The molecule has 2 heterocycles. The first-order chi connectivity index (χ1) is 6.77. The van der Waals surface area contributed by atoms with Gasteiger partial charge in [0.05, 0.1) is 5.69 Å². The number of hydrogen-bond acceptors (Lipinski definition) is 3. The number of nitrogens with one attached hydrogen (secondary N) is 1. The SMILES string of the molecule is Nc1cc(C2CCCCN2)cnc1F. The van der Waals surface area contributed by atoms with E-state index in [0.717, 1.165) is 18.5 Å². The van der Waals surface area contributed by atoms with Crippen LogP contribution < -0.4 is 11.1 Å². The Bertz CT molecular complexity index is 321. The molecule has 14 heavy (non-hydrogen) atoms. The van der Waals surface area contributed by atoms with Crippen molar-refractivity contribution < 1.29 is 4.39 Å². The van der Waals surface area contributed by atoms with Gasteiger partial charge in [0.2, 0.25) is 5.95 Å². The van der Waals surface area contributed by atoms with Crippen molar-refractivity contribution in [2.24, 2.45) is 0 Å². The van der Waals surface area contributed by atoms with Gasteiger partial charge in [-0.05, 0) is 31.0 Å². The second-order valence-corrected chi connectivity index (χ2v) is 3.65. The molecule has 1 fully saturated rings. The first-order valence-corrected chi connectivity index (χ1v) is 4.91. The number of piperidine rings is 1. The Morgan fingerprint density at radius 1 is 1.50 bits per heavy atom. The summed E-state index contributed by atoms with van der Waals surface area (Å²) in [5.74, 6) is -0.579. The summed E-state index contributed by atoms with van der Waals surface area (Å²) in [6.07, 6.45) is 5.05. The molecule has 0 spiro atoms. The molecule has 1 saturated heterocycles. The van der Waals surface area contributed by atoms with Crippen LogP contribution in [0.2, 0.25) is 0 Å². The smallest absolute Gasteiger partial charge is 0.236 e. The molecule has 1 aromatic rings. The average Bonchev–Trinajstić information content (AvgIpc) is 2.23. The summed E-state index contributed by atoms with van der Waals surface area (Å²) in [6.45, 7) is 1.02. The summed E-state index contributed by atoms with van der Waals surface area (Å²) in [5.41, 5.74) is 6.59. The van der Waals surface area contributed by atoms with Crippen LogP contribution in [0, 0.1) is 5.95 Å². The molecule has 0 radical (unpaired) electrons. The van der Waals surface area contributed by atoms with Crippen molar-refractivity contribution >= 4 is 5.69 Å². The highest BCUT2D eigenvalue weighted by Gasteiger charge is 2.15. The maximum absolute atomic E-state index is 12.8. The van der Waals surface area contributed by atoms with Gasteiger partial charge in [0.15, 0.2) is 0 Å². The lowest BCUT2D eigenvalue weighted by Gasteiger charge is -2.23. The van der Waals surface area contributed by atoms with Gasteiger partial charge in [0.1, 0.15) is 0 Å². The molecule has 0 amide bonds.